The fraction of sp³-hybridized carbons (Fsp3) is 0.500. The van der Waals surface area contributed by atoms with E-state index in [2.05, 4.69) is 0 Å². The Morgan fingerprint density at radius 3 is 2.82 bits per heavy atom. The molecule has 0 saturated carbocycles. The summed E-state index contributed by atoms with van der Waals surface area (Å²) >= 11 is 0. The maximum absolute atomic E-state index is 12.3. The van der Waals surface area contributed by atoms with Crippen molar-refractivity contribution < 1.29 is 24.2 Å². The van der Waals surface area contributed by atoms with Crippen LogP contribution in [0.4, 0.5) is 4.79 Å². The first-order valence-corrected chi connectivity index (χ1v) is 7.50. The highest BCUT2D eigenvalue weighted by Gasteiger charge is 2.43. The van der Waals surface area contributed by atoms with Gasteiger partial charge in [0.2, 0.25) is 0 Å². The summed E-state index contributed by atoms with van der Waals surface area (Å²) < 4.78 is 11.0. The normalized spacial score (nSPS) is 19.5. The molecule has 118 valence electrons. The summed E-state index contributed by atoms with van der Waals surface area (Å²) in [7, 11) is 0. The summed E-state index contributed by atoms with van der Waals surface area (Å²) in [5.74, 6) is 0.527. The number of phenols is 1. The van der Waals surface area contributed by atoms with E-state index in [0.717, 1.165) is 0 Å². The van der Waals surface area contributed by atoms with Gasteiger partial charge in [0.15, 0.2) is 5.78 Å². The molecule has 1 amide bonds. The van der Waals surface area contributed by atoms with Gasteiger partial charge in [-0.3, -0.25) is 4.79 Å². The summed E-state index contributed by atoms with van der Waals surface area (Å²) in [5, 5.41) is 9.57. The Kier molecular flexibility index (Phi) is 3.68. The van der Waals surface area contributed by atoms with Gasteiger partial charge in [-0.15, -0.1) is 0 Å². The largest absolute Gasteiger partial charge is 0.508 e. The molecule has 1 saturated heterocycles. The number of rotatable bonds is 1. The van der Waals surface area contributed by atoms with Crippen LogP contribution in [0.5, 0.6) is 11.5 Å². The second-order valence-electron chi connectivity index (χ2n) is 5.75. The molecule has 0 unspecified atom stereocenters. The molecule has 0 atom stereocenters. The Morgan fingerprint density at radius 2 is 2.14 bits per heavy atom. The number of fused-ring (bicyclic) bond motifs is 1. The van der Waals surface area contributed by atoms with Gasteiger partial charge in [-0.1, -0.05) is 0 Å². The second kappa shape index (κ2) is 5.51. The zero-order valence-corrected chi connectivity index (χ0v) is 12.5. The van der Waals surface area contributed by atoms with Crippen LogP contribution in [-0.2, 0) is 4.74 Å². The Morgan fingerprint density at radius 1 is 1.41 bits per heavy atom. The zero-order valence-electron chi connectivity index (χ0n) is 12.5. The molecule has 6 heteroatoms. The van der Waals surface area contributed by atoms with E-state index in [0.29, 0.717) is 50.3 Å². The van der Waals surface area contributed by atoms with Crippen LogP contribution in [-0.4, -0.2) is 47.2 Å². The lowest BCUT2D eigenvalue weighted by Gasteiger charge is -2.43. The first kappa shape index (κ1) is 14.7. The molecule has 1 aromatic carbocycles. The molecular formula is C16H19NO5. The molecule has 2 aliphatic heterocycles. The van der Waals surface area contributed by atoms with Crippen LogP contribution >= 0.6 is 0 Å². The summed E-state index contributed by atoms with van der Waals surface area (Å²) in [6.45, 7) is 3.12. The van der Waals surface area contributed by atoms with Gasteiger partial charge in [-0.25, -0.2) is 4.79 Å². The van der Waals surface area contributed by atoms with Gasteiger partial charge in [0.25, 0.3) is 0 Å². The fourth-order valence-corrected chi connectivity index (χ4v) is 3.07. The van der Waals surface area contributed by atoms with Gasteiger partial charge in [0, 0.05) is 32.0 Å². The van der Waals surface area contributed by atoms with Crippen molar-refractivity contribution in [3.8, 4) is 11.5 Å². The second-order valence-corrected chi connectivity index (χ2v) is 5.75. The van der Waals surface area contributed by atoms with Crippen molar-refractivity contribution in [1.29, 1.82) is 0 Å². The lowest BCUT2D eigenvalue weighted by molar-refractivity contribution is -0.00867. The average Bonchev–Trinajstić information content (AvgIpc) is 2.47. The third-order valence-corrected chi connectivity index (χ3v) is 4.28. The van der Waals surface area contributed by atoms with Crippen molar-refractivity contribution in [2.24, 2.45) is 0 Å². The number of ketones is 1. The fourth-order valence-electron chi connectivity index (χ4n) is 3.07. The number of piperidine rings is 1. The van der Waals surface area contributed by atoms with E-state index in [1.807, 2.05) is 0 Å². The summed E-state index contributed by atoms with van der Waals surface area (Å²) in [4.78, 5) is 25.7. The molecule has 3 rings (SSSR count). The van der Waals surface area contributed by atoms with Gasteiger partial charge in [-0.05, 0) is 19.1 Å². The number of carbonyl (C=O) groups excluding carboxylic acids is 2. The maximum atomic E-state index is 12.3. The maximum Gasteiger partial charge on any atom is 0.409 e. The van der Waals surface area contributed by atoms with Crippen LogP contribution in [0.2, 0.25) is 0 Å². The predicted octanol–water partition coefficient (Wildman–Crippen LogP) is 2.35. The number of ether oxygens (including phenoxy) is 2. The number of aromatic hydroxyl groups is 1. The standard InChI is InChI=1S/C16H19NO5/c1-2-21-15(20)17-7-5-16(6-8-17)10-13(19)12-4-3-11(18)9-14(12)22-16/h3-4,9,18H,2,5-8,10H2,1H3. The van der Waals surface area contributed by atoms with Crippen molar-refractivity contribution in [2.45, 2.75) is 31.8 Å². The van der Waals surface area contributed by atoms with Crippen molar-refractivity contribution in [3.63, 3.8) is 0 Å². The van der Waals surface area contributed by atoms with Crippen LogP contribution < -0.4 is 4.74 Å². The monoisotopic (exact) mass is 305 g/mol. The predicted molar refractivity (Wildman–Crippen MR) is 78.2 cm³/mol. The van der Waals surface area contributed by atoms with E-state index < -0.39 is 5.60 Å². The SMILES string of the molecule is CCOC(=O)N1CCC2(CC1)CC(=O)c1ccc(O)cc1O2. The lowest BCUT2D eigenvalue weighted by atomic mass is 9.82. The topological polar surface area (TPSA) is 76.1 Å². The van der Waals surface area contributed by atoms with E-state index in [-0.39, 0.29) is 17.6 Å². The number of hydrogen-bond acceptors (Lipinski definition) is 5. The molecule has 1 spiro atoms. The van der Waals surface area contributed by atoms with Crippen LogP contribution in [0.15, 0.2) is 18.2 Å². The van der Waals surface area contributed by atoms with Crippen molar-refractivity contribution in [3.05, 3.63) is 23.8 Å². The molecule has 0 aromatic heterocycles. The van der Waals surface area contributed by atoms with Crippen molar-refractivity contribution in [2.75, 3.05) is 19.7 Å². The molecule has 22 heavy (non-hydrogen) atoms. The molecular weight excluding hydrogens is 286 g/mol. The highest BCUT2D eigenvalue weighted by Crippen LogP contribution is 2.40. The highest BCUT2D eigenvalue weighted by atomic mass is 16.6. The lowest BCUT2D eigenvalue weighted by Crippen LogP contribution is -2.52. The quantitative estimate of drug-likeness (QED) is 0.862. The Bertz CT molecular complexity index is 605. The zero-order chi connectivity index (χ0) is 15.7. The van der Waals surface area contributed by atoms with Gasteiger partial charge in [-0.2, -0.15) is 0 Å². The number of likely N-dealkylation sites (tertiary alicyclic amines) is 1. The minimum Gasteiger partial charge on any atom is -0.508 e. The average molecular weight is 305 g/mol. The minimum atomic E-state index is -0.582. The van der Waals surface area contributed by atoms with E-state index in [1.54, 1.807) is 17.9 Å². The Hall–Kier alpha value is -2.24. The Labute approximate surface area is 128 Å². The van der Waals surface area contributed by atoms with E-state index in [1.165, 1.54) is 12.1 Å². The van der Waals surface area contributed by atoms with Gasteiger partial charge in [0.1, 0.15) is 17.1 Å². The van der Waals surface area contributed by atoms with Crippen LogP contribution in [0.1, 0.15) is 36.5 Å². The minimum absolute atomic E-state index is 0.0193. The van der Waals surface area contributed by atoms with Crippen LogP contribution in [0, 0.1) is 0 Å². The van der Waals surface area contributed by atoms with Crippen molar-refractivity contribution in [1.82, 2.24) is 4.90 Å². The van der Waals surface area contributed by atoms with Crippen molar-refractivity contribution >= 4 is 11.9 Å². The molecule has 0 radical (unpaired) electrons. The number of carbonyl (C=O) groups is 2. The molecule has 2 aliphatic rings. The van der Waals surface area contributed by atoms with E-state index >= 15 is 0 Å². The Balaban J connectivity index is 1.74. The molecule has 0 bridgehead atoms. The third-order valence-electron chi connectivity index (χ3n) is 4.28. The van der Waals surface area contributed by atoms with E-state index in [4.69, 9.17) is 9.47 Å². The molecule has 2 heterocycles. The van der Waals surface area contributed by atoms with E-state index in [9.17, 15) is 14.7 Å². The molecule has 6 nitrogen and oxygen atoms in total. The summed E-state index contributed by atoms with van der Waals surface area (Å²) in [6.07, 6.45) is 1.14. The third kappa shape index (κ3) is 2.61. The molecule has 0 aliphatic carbocycles. The molecule has 1 fully saturated rings. The summed E-state index contributed by atoms with van der Waals surface area (Å²) in [5.41, 5.74) is -0.0721. The number of benzene rings is 1. The van der Waals surface area contributed by atoms with Gasteiger partial charge in [0.05, 0.1) is 18.6 Å². The molecule has 1 N–H and O–H groups in total. The number of phenolic OH excluding ortho intramolecular Hbond substituents is 1. The first-order chi connectivity index (χ1) is 10.5. The highest BCUT2D eigenvalue weighted by molar-refractivity contribution is 6.00. The smallest absolute Gasteiger partial charge is 0.409 e. The first-order valence-electron chi connectivity index (χ1n) is 7.50. The van der Waals surface area contributed by atoms with Crippen LogP contribution in [0.3, 0.4) is 0 Å². The number of Topliss-reactive ketones (excluding diaryl/α,β-unsaturated/α-hetero) is 1. The number of nitrogens with zero attached hydrogens (tertiary/aromatic N) is 1. The summed E-state index contributed by atoms with van der Waals surface area (Å²) in [6, 6.07) is 4.56. The number of hydrogen-bond donors (Lipinski definition) is 1. The van der Waals surface area contributed by atoms with Gasteiger partial charge >= 0.3 is 6.09 Å². The number of amides is 1. The molecule has 1 aromatic rings. The van der Waals surface area contributed by atoms with Gasteiger partial charge < -0.3 is 19.5 Å². The van der Waals surface area contributed by atoms with Crippen LogP contribution in [0.25, 0.3) is 0 Å².